The van der Waals surface area contributed by atoms with Crippen LogP contribution in [0.2, 0.25) is 0 Å². The third-order valence-corrected chi connectivity index (χ3v) is 6.65. The molecule has 2 aromatic carbocycles. The van der Waals surface area contributed by atoms with E-state index in [1.807, 2.05) is 52.0 Å². The number of rotatable bonds is 11. The molecule has 2 aromatic rings. The Morgan fingerprint density at radius 3 is 2.17 bits per heavy atom. The Balaban J connectivity index is 2.47. The predicted octanol–water partition coefficient (Wildman–Crippen LogP) is 3.30. The highest BCUT2D eigenvalue weighted by atomic mass is 32.2. The van der Waals surface area contributed by atoms with Gasteiger partial charge in [-0.2, -0.15) is 0 Å². The van der Waals surface area contributed by atoms with Crippen LogP contribution < -0.4 is 9.62 Å². The van der Waals surface area contributed by atoms with Crippen LogP contribution in [0.4, 0.5) is 5.69 Å². The average molecular weight is 502 g/mol. The summed E-state index contributed by atoms with van der Waals surface area (Å²) in [6.07, 6.45) is 1.36. The highest BCUT2D eigenvalue weighted by molar-refractivity contribution is 7.92. The van der Waals surface area contributed by atoms with Crippen molar-refractivity contribution in [3.63, 3.8) is 0 Å². The van der Waals surface area contributed by atoms with Gasteiger partial charge in [0.2, 0.25) is 21.8 Å². The van der Waals surface area contributed by atoms with Crippen LogP contribution in [0.15, 0.2) is 48.5 Å². The molecule has 0 spiro atoms. The number of sulfonamides is 1. The maximum atomic E-state index is 13.6. The highest BCUT2D eigenvalue weighted by Crippen LogP contribution is 2.21. The van der Waals surface area contributed by atoms with Crippen LogP contribution in [-0.2, 0) is 26.2 Å². The maximum Gasteiger partial charge on any atom is 0.244 e. The van der Waals surface area contributed by atoms with Crippen molar-refractivity contribution in [2.24, 2.45) is 0 Å². The molecule has 1 atom stereocenters. The van der Waals surface area contributed by atoms with Gasteiger partial charge >= 0.3 is 0 Å². The van der Waals surface area contributed by atoms with Crippen molar-refractivity contribution in [1.29, 1.82) is 0 Å². The van der Waals surface area contributed by atoms with Gasteiger partial charge in [-0.3, -0.25) is 18.7 Å². The van der Waals surface area contributed by atoms with E-state index in [0.29, 0.717) is 12.0 Å². The molecule has 0 unspecified atom stereocenters. The fraction of sp³-hybridized carbons (Fsp3) is 0.423. The monoisotopic (exact) mass is 501 g/mol. The number of hydrogen-bond acceptors (Lipinski definition) is 5. The predicted molar refractivity (Wildman–Crippen MR) is 138 cm³/mol. The number of benzene rings is 2. The zero-order chi connectivity index (χ0) is 26.3. The normalized spacial score (nSPS) is 12.2. The molecule has 0 fully saturated rings. The first-order chi connectivity index (χ1) is 16.3. The number of aryl methyl sites for hydroxylation is 1. The molecule has 0 aliphatic rings. The molecule has 1 N–H and O–H groups in total. The van der Waals surface area contributed by atoms with Crippen LogP contribution >= 0.6 is 0 Å². The molecular weight excluding hydrogens is 466 g/mol. The molecule has 0 aliphatic carbocycles. The van der Waals surface area contributed by atoms with E-state index in [0.717, 1.165) is 21.7 Å². The maximum absolute atomic E-state index is 13.6. The van der Waals surface area contributed by atoms with Gasteiger partial charge in [-0.05, 0) is 51.8 Å². The van der Waals surface area contributed by atoms with Crippen molar-refractivity contribution in [3.05, 3.63) is 65.2 Å². The Morgan fingerprint density at radius 2 is 1.66 bits per heavy atom. The molecule has 9 heteroatoms. The van der Waals surface area contributed by atoms with E-state index in [9.17, 15) is 22.8 Å². The summed E-state index contributed by atoms with van der Waals surface area (Å²) in [7, 11) is -3.87. The summed E-state index contributed by atoms with van der Waals surface area (Å²) in [6.45, 7) is 8.47. The zero-order valence-electron chi connectivity index (χ0n) is 21.2. The molecule has 0 saturated carbocycles. The Bertz CT molecular complexity index is 1160. The number of nitrogens with zero attached hydrogens (tertiary/aromatic N) is 2. The molecule has 2 rings (SSSR count). The summed E-state index contributed by atoms with van der Waals surface area (Å²) in [5.41, 5.74) is 2.43. The lowest BCUT2D eigenvalue weighted by atomic mass is 10.1. The average Bonchev–Trinajstić information content (AvgIpc) is 2.77. The number of carbonyl (C=O) groups excluding carboxylic acids is 3. The number of anilines is 1. The van der Waals surface area contributed by atoms with Gasteiger partial charge in [-0.25, -0.2) is 8.42 Å². The summed E-state index contributed by atoms with van der Waals surface area (Å²) in [5, 5.41) is 2.86. The van der Waals surface area contributed by atoms with Gasteiger partial charge < -0.3 is 10.2 Å². The molecule has 0 radical (unpaired) electrons. The van der Waals surface area contributed by atoms with Crippen LogP contribution in [0.5, 0.6) is 0 Å². The molecule has 35 heavy (non-hydrogen) atoms. The van der Waals surface area contributed by atoms with Gasteiger partial charge in [-0.15, -0.1) is 0 Å². The van der Waals surface area contributed by atoms with E-state index in [4.69, 9.17) is 0 Å². The topological polar surface area (TPSA) is 104 Å². The first-order valence-corrected chi connectivity index (χ1v) is 13.4. The van der Waals surface area contributed by atoms with E-state index in [1.54, 1.807) is 12.1 Å². The molecule has 0 heterocycles. The van der Waals surface area contributed by atoms with E-state index in [-0.39, 0.29) is 30.0 Å². The molecule has 2 amide bonds. The third-order valence-electron chi connectivity index (χ3n) is 5.51. The van der Waals surface area contributed by atoms with E-state index in [2.05, 4.69) is 5.32 Å². The second kappa shape index (κ2) is 12.0. The Labute approximate surface area is 208 Å². The minimum atomic E-state index is -3.87. The van der Waals surface area contributed by atoms with E-state index >= 15 is 0 Å². The molecular formula is C26H35N3O5S. The van der Waals surface area contributed by atoms with Crippen molar-refractivity contribution < 1.29 is 22.8 Å². The SMILES string of the molecule is CC[C@H](C(=O)NC(C)C)N(Cc1ccc(C)cc1)C(=O)CN(c1cccc(C(C)=O)c1)S(C)(=O)=O. The van der Waals surface area contributed by atoms with Crippen molar-refractivity contribution in [1.82, 2.24) is 10.2 Å². The first-order valence-electron chi connectivity index (χ1n) is 11.6. The van der Waals surface area contributed by atoms with Crippen LogP contribution in [0.1, 0.15) is 55.6 Å². The fourth-order valence-electron chi connectivity index (χ4n) is 3.68. The Kier molecular flexibility index (Phi) is 9.59. The van der Waals surface area contributed by atoms with Crippen molar-refractivity contribution in [2.45, 2.75) is 59.7 Å². The summed E-state index contributed by atoms with van der Waals surface area (Å²) >= 11 is 0. The second-order valence-electron chi connectivity index (χ2n) is 8.97. The number of hydrogen-bond donors (Lipinski definition) is 1. The lowest BCUT2D eigenvalue weighted by Crippen LogP contribution is -2.53. The quantitative estimate of drug-likeness (QED) is 0.476. The molecule has 190 valence electrons. The minimum absolute atomic E-state index is 0.116. The number of ketones is 1. The summed E-state index contributed by atoms with van der Waals surface area (Å²) in [5.74, 6) is -1.04. The summed E-state index contributed by atoms with van der Waals surface area (Å²) in [6, 6.07) is 12.8. The van der Waals surface area contributed by atoms with Gasteiger partial charge in [-0.1, -0.05) is 48.9 Å². The highest BCUT2D eigenvalue weighted by Gasteiger charge is 2.32. The fourth-order valence-corrected chi connectivity index (χ4v) is 4.53. The molecule has 0 bridgehead atoms. The van der Waals surface area contributed by atoms with E-state index in [1.165, 1.54) is 24.0 Å². The Morgan fingerprint density at radius 1 is 1.03 bits per heavy atom. The first kappa shape index (κ1) is 28.0. The van der Waals surface area contributed by atoms with Gasteiger partial charge in [0.1, 0.15) is 12.6 Å². The lowest BCUT2D eigenvalue weighted by molar-refractivity contribution is -0.140. The number of amides is 2. The van der Waals surface area contributed by atoms with Gasteiger partial charge in [0.15, 0.2) is 5.78 Å². The van der Waals surface area contributed by atoms with Crippen LogP contribution in [0, 0.1) is 6.92 Å². The lowest BCUT2D eigenvalue weighted by Gasteiger charge is -2.33. The van der Waals surface area contributed by atoms with Crippen LogP contribution in [-0.4, -0.2) is 55.8 Å². The van der Waals surface area contributed by atoms with Crippen LogP contribution in [0.25, 0.3) is 0 Å². The smallest absolute Gasteiger partial charge is 0.244 e. The summed E-state index contributed by atoms with van der Waals surface area (Å²) in [4.78, 5) is 39.9. The molecule has 0 aromatic heterocycles. The molecule has 0 saturated heterocycles. The number of nitrogens with one attached hydrogen (secondary N) is 1. The summed E-state index contributed by atoms with van der Waals surface area (Å²) < 4.78 is 26.3. The number of Topliss-reactive ketones (excluding diaryl/α,β-unsaturated/α-hetero) is 1. The minimum Gasteiger partial charge on any atom is -0.352 e. The zero-order valence-corrected chi connectivity index (χ0v) is 22.1. The van der Waals surface area contributed by atoms with E-state index < -0.39 is 28.5 Å². The van der Waals surface area contributed by atoms with Gasteiger partial charge in [0, 0.05) is 18.2 Å². The van der Waals surface area contributed by atoms with Gasteiger partial charge in [0.05, 0.1) is 11.9 Å². The van der Waals surface area contributed by atoms with Crippen molar-refractivity contribution in [3.8, 4) is 0 Å². The van der Waals surface area contributed by atoms with Crippen LogP contribution in [0.3, 0.4) is 0 Å². The molecule has 8 nitrogen and oxygen atoms in total. The third kappa shape index (κ3) is 7.92. The molecule has 0 aliphatic heterocycles. The second-order valence-corrected chi connectivity index (χ2v) is 10.9. The van der Waals surface area contributed by atoms with Crippen molar-refractivity contribution in [2.75, 3.05) is 17.1 Å². The largest absolute Gasteiger partial charge is 0.352 e. The van der Waals surface area contributed by atoms with Crippen molar-refractivity contribution >= 4 is 33.3 Å². The Hall–Kier alpha value is -3.20. The van der Waals surface area contributed by atoms with Gasteiger partial charge in [0.25, 0.3) is 0 Å². The standard InChI is InChI=1S/C26H35N3O5S/c1-7-24(26(32)27-18(2)3)28(16-21-13-11-19(4)12-14-21)25(31)17-29(35(6,33)34)23-10-8-9-22(15-23)20(5)30/h8-15,18,24H,7,16-17H2,1-6H3,(H,27,32)/t24-/m1/s1. The number of carbonyl (C=O) groups is 3.